The van der Waals surface area contributed by atoms with Crippen LogP contribution in [0.1, 0.15) is 64.3 Å². The van der Waals surface area contributed by atoms with Crippen LogP contribution in [0.15, 0.2) is 6.20 Å². The van der Waals surface area contributed by atoms with Crippen LogP contribution in [0.25, 0.3) is 0 Å². The summed E-state index contributed by atoms with van der Waals surface area (Å²) < 4.78 is 17.0. The number of aromatic nitrogens is 2. The molecule has 1 aromatic rings. The molecule has 0 bridgehead atoms. The van der Waals surface area contributed by atoms with Crippen molar-refractivity contribution < 1.29 is 19.0 Å². The highest BCUT2D eigenvalue weighted by atomic mass is 16.5. The predicted molar refractivity (Wildman–Crippen MR) is 117 cm³/mol. The lowest BCUT2D eigenvalue weighted by Gasteiger charge is -2.38. The summed E-state index contributed by atoms with van der Waals surface area (Å²) >= 11 is 0. The maximum atomic E-state index is 12.6. The Labute approximate surface area is 185 Å². The molecule has 0 radical (unpaired) electrons. The highest BCUT2D eigenvalue weighted by Crippen LogP contribution is 2.40. The number of anilines is 1. The van der Waals surface area contributed by atoms with Gasteiger partial charge in [0.2, 0.25) is 11.9 Å². The molecule has 31 heavy (non-hydrogen) atoms. The molecule has 8 heteroatoms. The van der Waals surface area contributed by atoms with Gasteiger partial charge in [-0.05, 0) is 44.9 Å². The zero-order valence-corrected chi connectivity index (χ0v) is 19.2. The van der Waals surface area contributed by atoms with E-state index >= 15 is 0 Å². The number of nitrogens with zero attached hydrogens (tertiary/aromatic N) is 3. The van der Waals surface area contributed by atoms with E-state index < -0.39 is 0 Å². The molecule has 2 fully saturated rings. The molecular formula is C23H36N4O4. The molecule has 2 saturated heterocycles. The molecule has 3 aliphatic rings. The van der Waals surface area contributed by atoms with Gasteiger partial charge < -0.3 is 24.4 Å². The summed E-state index contributed by atoms with van der Waals surface area (Å²) in [7, 11) is 0. The third-order valence-corrected chi connectivity index (χ3v) is 6.26. The monoisotopic (exact) mass is 432 g/mol. The van der Waals surface area contributed by atoms with Crippen LogP contribution in [0.2, 0.25) is 0 Å². The van der Waals surface area contributed by atoms with E-state index in [9.17, 15) is 4.79 Å². The molecule has 172 valence electrons. The number of carbonyl (C=O) groups is 1. The minimum Gasteiger partial charge on any atom is -0.376 e. The number of hydrogen-bond donors (Lipinski definition) is 1. The van der Waals surface area contributed by atoms with Crippen molar-refractivity contribution in [2.45, 2.75) is 77.7 Å². The van der Waals surface area contributed by atoms with Crippen LogP contribution in [-0.2, 0) is 25.4 Å². The first-order valence-corrected chi connectivity index (χ1v) is 11.5. The molecule has 0 unspecified atom stereocenters. The van der Waals surface area contributed by atoms with Crippen molar-refractivity contribution in [1.82, 2.24) is 15.3 Å². The molecule has 0 saturated carbocycles. The van der Waals surface area contributed by atoms with Gasteiger partial charge in [-0.2, -0.15) is 0 Å². The zero-order chi connectivity index (χ0) is 22.0. The molecule has 4 atom stereocenters. The Morgan fingerprint density at radius 2 is 2.10 bits per heavy atom. The Morgan fingerprint density at radius 1 is 1.32 bits per heavy atom. The molecule has 0 aromatic carbocycles. The minimum absolute atomic E-state index is 0.0424. The maximum Gasteiger partial charge on any atom is 0.246 e. The van der Waals surface area contributed by atoms with Gasteiger partial charge in [0.1, 0.15) is 6.61 Å². The molecule has 2 aliphatic heterocycles. The van der Waals surface area contributed by atoms with Crippen LogP contribution >= 0.6 is 0 Å². The highest BCUT2D eigenvalue weighted by molar-refractivity contribution is 5.77. The average molecular weight is 433 g/mol. The fourth-order valence-corrected chi connectivity index (χ4v) is 4.95. The van der Waals surface area contributed by atoms with E-state index in [0.717, 1.165) is 62.6 Å². The lowest BCUT2D eigenvalue weighted by atomic mass is 9.74. The summed E-state index contributed by atoms with van der Waals surface area (Å²) in [4.78, 5) is 24.4. The van der Waals surface area contributed by atoms with E-state index in [1.54, 1.807) is 0 Å². The largest absolute Gasteiger partial charge is 0.376 e. The van der Waals surface area contributed by atoms with Gasteiger partial charge in [-0.3, -0.25) is 4.79 Å². The molecule has 1 aromatic heterocycles. The highest BCUT2D eigenvalue weighted by Gasteiger charge is 2.35. The number of morpholine rings is 1. The van der Waals surface area contributed by atoms with Crippen molar-refractivity contribution in [3.05, 3.63) is 17.5 Å². The smallest absolute Gasteiger partial charge is 0.246 e. The molecule has 1 amide bonds. The summed E-state index contributed by atoms with van der Waals surface area (Å²) in [5, 5.41) is 3.15. The van der Waals surface area contributed by atoms with E-state index in [4.69, 9.17) is 19.2 Å². The first-order valence-electron chi connectivity index (χ1n) is 11.5. The number of rotatable bonds is 6. The molecule has 3 heterocycles. The van der Waals surface area contributed by atoms with Crippen LogP contribution < -0.4 is 10.2 Å². The van der Waals surface area contributed by atoms with E-state index in [1.807, 2.05) is 6.20 Å². The lowest BCUT2D eigenvalue weighted by molar-refractivity contribution is -0.127. The standard InChI is InChI=1S/C23H36N4O4/c1-15-11-27(12-16(2)31-15)22-24-10-18-19(8-23(3,4)9-20(18)26-22)25-21(28)14-29-13-17-6-5-7-30-17/h10,15-17,19H,5-9,11-14H2,1-4H3,(H,25,28)/t15-,16-,17-,19+/m1/s1. The second-order valence-corrected chi connectivity index (χ2v) is 10.0. The average Bonchev–Trinajstić information content (AvgIpc) is 3.19. The number of carbonyl (C=O) groups excluding carboxylic acids is 1. The van der Waals surface area contributed by atoms with Crippen molar-refractivity contribution >= 4 is 11.9 Å². The Bertz CT molecular complexity index is 771. The molecule has 1 N–H and O–H groups in total. The van der Waals surface area contributed by atoms with Crippen LogP contribution in [0.4, 0.5) is 5.95 Å². The van der Waals surface area contributed by atoms with Gasteiger partial charge >= 0.3 is 0 Å². The zero-order valence-electron chi connectivity index (χ0n) is 19.2. The maximum absolute atomic E-state index is 12.6. The van der Waals surface area contributed by atoms with Crippen LogP contribution in [0, 0.1) is 5.41 Å². The summed E-state index contributed by atoms with van der Waals surface area (Å²) in [5.74, 6) is 0.648. The van der Waals surface area contributed by atoms with Gasteiger partial charge in [0.25, 0.3) is 0 Å². The second-order valence-electron chi connectivity index (χ2n) is 10.0. The quantitative estimate of drug-likeness (QED) is 0.739. The Balaban J connectivity index is 1.42. The minimum atomic E-state index is -0.105. The van der Waals surface area contributed by atoms with E-state index in [2.05, 4.69) is 42.9 Å². The molecular weight excluding hydrogens is 396 g/mol. The second kappa shape index (κ2) is 9.38. The Morgan fingerprint density at radius 3 is 2.81 bits per heavy atom. The Kier molecular flexibility index (Phi) is 6.79. The van der Waals surface area contributed by atoms with E-state index in [1.165, 1.54) is 0 Å². The number of hydrogen-bond acceptors (Lipinski definition) is 7. The Hall–Kier alpha value is -1.77. The fourth-order valence-electron chi connectivity index (χ4n) is 4.95. The fraction of sp³-hybridized carbons (Fsp3) is 0.783. The van der Waals surface area contributed by atoms with Gasteiger partial charge in [-0.1, -0.05) is 13.8 Å². The van der Waals surface area contributed by atoms with Crippen LogP contribution in [-0.4, -0.2) is 67.1 Å². The summed E-state index contributed by atoms with van der Waals surface area (Å²) in [6, 6.07) is -0.103. The summed E-state index contributed by atoms with van der Waals surface area (Å²) in [6.07, 6.45) is 6.13. The van der Waals surface area contributed by atoms with Gasteiger partial charge in [0.05, 0.1) is 36.7 Å². The SMILES string of the molecule is C[C@@H]1CN(c2ncc3c(n2)CC(C)(C)C[C@@H]3NC(=O)COC[C@H]2CCCO2)C[C@@H](C)O1. The van der Waals surface area contributed by atoms with Crippen molar-refractivity contribution in [3.8, 4) is 0 Å². The van der Waals surface area contributed by atoms with E-state index in [0.29, 0.717) is 6.61 Å². The summed E-state index contributed by atoms with van der Waals surface area (Å²) in [6.45, 7) is 11.5. The topological polar surface area (TPSA) is 85.8 Å². The van der Waals surface area contributed by atoms with E-state index in [-0.39, 0.29) is 42.3 Å². The van der Waals surface area contributed by atoms with Gasteiger partial charge in [0, 0.05) is 31.5 Å². The van der Waals surface area contributed by atoms with Gasteiger partial charge in [0.15, 0.2) is 0 Å². The van der Waals surface area contributed by atoms with Gasteiger partial charge in [-0.25, -0.2) is 9.97 Å². The van der Waals surface area contributed by atoms with Crippen LogP contribution in [0.5, 0.6) is 0 Å². The number of amides is 1. The van der Waals surface area contributed by atoms with Crippen molar-refractivity contribution in [1.29, 1.82) is 0 Å². The molecule has 8 nitrogen and oxygen atoms in total. The van der Waals surface area contributed by atoms with Crippen molar-refractivity contribution in [2.24, 2.45) is 5.41 Å². The number of fused-ring (bicyclic) bond motifs is 1. The molecule has 1 aliphatic carbocycles. The van der Waals surface area contributed by atoms with Crippen LogP contribution in [0.3, 0.4) is 0 Å². The van der Waals surface area contributed by atoms with Gasteiger partial charge in [-0.15, -0.1) is 0 Å². The lowest BCUT2D eigenvalue weighted by Crippen LogP contribution is -2.46. The first-order chi connectivity index (χ1) is 14.8. The molecule has 0 spiro atoms. The number of nitrogens with one attached hydrogen (secondary N) is 1. The first kappa shape index (κ1) is 22.4. The number of ether oxygens (including phenoxy) is 3. The predicted octanol–water partition coefficient (Wildman–Crippen LogP) is 2.42. The summed E-state index contributed by atoms with van der Waals surface area (Å²) in [5.41, 5.74) is 2.09. The third kappa shape index (κ3) is 5.73. The van der Waals surface area contributed by atoms with Crippen molar-refractivity contribution in [3.63, 3.8) is 0 Å². The normalized spacial score (nSPS) is 30.1. The third-order valence-electron chi connectivity index (χ3n) is 6.26. The van der Waals surface area contributed by atoms with Crippen molar-refractivity contribution in [2.75, 3.05) is 37.8 Å². The molecule has 4 rings (SSSR count).